The fourth-order valence-corrected chi connectivity index (χ4v) is 3.17. The molecule has 4 nitrogen and oxygen atoms in total. The Morgan fingerprint density at radius 1 is 1.41 bits per heavy atom. The van der Waals surface area contributed by atoms with Gasteiger partial charge in [0.15, 0.2) is 0 Å². The van der Waals surface area contributed by atoms with Gasteiger partial charge in [0.2, 0.25) is 5.13 Å². The summed E-state index contributed by atoms with van der Waals surface area (Å²) in [7, 11) is 0. The highest BCUT2D eigenvalue weighted by atomic mass is 32.1. The van der Waals surface area contributed by atoms with E-state index in [2.05, 4.69) is 26.5 Å². The first-order valence-electron chi connectivity index (χ1n) is 6.64. The Balaban J connectivity index is 1.50. The van der Waals surface area contributed by atoms with Crippen molar-refractivity contribution in [1.29, 1.82) is 0 Å². The van der Waals surface area contributed by atoms with Gasteiger partial charge in [-0.25, -0.2) is 4.98 Å². The summed E-state index contributed by atoms with van der Waals surface area (Å²) >= 11 is 1.51. The molecule has 1 aliphatic carbocycles. The molecule has 2 fully saturated rings. The average molecular weight is 252 g/mol. The van der Waals surface area contributed by atoms with Crippen LogP contribution >= 0.6 is 11.5 Å². The zero-order chi connectivity index (χ0) is 11.7. The Bertz CT molecular complexity index is 368. The van der Waals surface area contributed by atoms with Gasteiger partial charge in [0.05, 0.1) is 0 Å². The Labute approximate surface area is 107 Å². The molecule has 5 heteroatoms. The van der Waals surface area contributed by atoms with Crippen LogP contribution in [0.3, 0.4) is 0 Å². The highest BCUT2D eigenvalue weighted by Gasteiger charge is 2.28. The maximum atomic E-state index is 4.56. The summed E-state index contributed by atoms with van der Waals surface area (Å²) in [4.78, 5) is 7.09. The molecule has 0 spiro atoms. The standard InChI is InChI=1S/C12H20N4S/c1-9(8-16-6-2-3-7-16)13-12-14-11(15-17-12)10-4-5-10/h9-10H,2-8H2,1H3,(H,13,14,15). The highest BCUT2D eigenvalue weighted by molar-refractivity contribution is 7.09. The van der Waals surface area contributed by atoms with Crippen LogP contribution in [0, 0.1) is 0 Å². The van der Waals surface area contributed by atoms with E-state index in [1.807, 2.05) is 0 Å². The fraction of sp³-hybridized carbons (Fsp3) is 0.833. The summed E-state index contributed by atoms with van der Waals surface area (Å²) < 4.78 is 4.42. The van der Waals surface area contributed by atoms with Crippen LogP contribution in [0.4, 0.5) is 5.13 Å². The molecule has 1 saturated heterocycles. The van der Waals surface area contributed by atoms with Gasteiger partial charge in [-0.2, -0.15) is 4.37 Å². The first kappa shape index (κ1) is 11.4. The van der Waals surface area contributed by atoms with E-state index >= 15 is 0 Å². The number of likely N-dealkylation sites (tertiary alicyclic amines) is 1. The van der Waals surface area contributed by atoms with Crippen LogP contribution in [-0.4, -0.2) is 39.9 Å². The Morgan fingerprint density at radius 3 is 2.88 bits per heavy atom. The van der Waals surface area contributed by atoms with Crippen molar-refractivity contribution in [3.05, 3.63) is 5.82 Å². The molecule has 0 amide bonds. The Hall–Kier alpha value is -0.680. The summed E-state index contributed by atoms with van der Waals surface area (Å²) in [6, 6.07) is 0.466. The summed E-state index contributed by atoms with van der Waals surface area (Å²) in [5.41, 5.74) is 0. The molecule has 94 valence electrons. The number of aromatic nitrogens is 2. The number of hydrogen-bond acceptors (Lipinski definition) is 5. The lowest BCUT2D eigenvalue weighted by Crippen LogP contribution is -2.32. The van der Waals surface area contributed by atoms with Crippen molar-refractivity contribution in [2.75, 3.05) is 25.0 Å². The minimum Gasteiger partial charge on any atom is -0.357 e. The quantitative estimate of drug-likeness (QED) is 0.873. The van der Waals surface area contributed by atoms with Crippen molar-refractivity contribution < 1.29 is 0 Å². The third kappa shape index (κ3) is 2.96. The molecule has 3 rings (SSSR count). The van der Waals surface area contributed by atoms with E-state index in [9.17, 15) is 0 Å². The molecular weight excluding hydrogens is 232 g/mol. The van der Waals surface area contributed by atoms with Crippen LogP contribution in [0.1, 0.15) is 44.3 Å². The Kier molecular flexibility index (Phi) is 3.29. The molecule has 1 aromatic rings. The average Bonchev–Trinajstić information content (AvgIpc) is 2.84. The number of nitrogens with one attached hydrogen (secondary N) is 1. The van der Waals surface area contributed by atoms with Crippen molar-refractivity contribution in [3.8, 4) is 0 Å². The van der Waals surface area contributed by atoms with Gasteiger partial charge >= 0.3 is 0 Å². The lowest BCUT2D eigenvalue weighted by atomic mass is 10.3. The molecular formula is C12H20N4S. The molecule has 1 aromatic heterocycles. The summed E-state index contributed by atoms with van der Waals surface area (Å²) in [5.74, 6) is 1.72. The molecule has 1 aliphatic heterocycles. The van der Waals surface area contributed by atoms with E-state index in [0.717, 1.165) is 17.5 Å². The topological polar surface area (TPSA) is 41.0 Å². The largest absolute Gasteiger partial charge is 0.357 e. The second-order valence-corrected chi connectivity index (χ2v) is 6.04. The van der Waals surface area contributed by atoms with Crippen molar-refractivity contribution in [2.24, 2.45) is 0 Å². The molecule has 2 heterocycles. The zero-order valence-electron chi connectivity index (χ0n) is 10.4. The summed E-state index contributed by atoms with van der Waals surface area (Å²) in [6.45, 7) is 5.87. The van der Waals surface area contributed by atoms with Gasteiger partial charge in [-0.05, 0) is 45.7 Å². The number of anilines is 1. The van der Waals surface area contributed by atoms with Gasteiger partial charge < -0.3 is 10.2 Å². The van der Waals surface area contributed by atoms with Crippen molar-refractivity contribution >= 4 is 16.7 Å². The van der Waals surface area contributed by atoms with Gasteiger partial charge in [0, 0.05) is 30.0 Å². The smallest absolute Gasteiger partial charge is 0.202 e. The van der Waals surface area contributed by atoms with E-state index in [0.29, 0.717) is 12.0 Å². The van der Waals surface area contributed by atoms with E-state index < -0.39 is 0 Å². The Morgan fingerprint density at radius 2 is 2.18 bits per heavy atom. The SMILES string of the molecule is CC(CN1CCCC1)Nc1nc(C2CC2)ns1. The molecule has 2 aliphatic rings. The number of hydrogen-bond donors (Lipinski definition) is 1. The van der Waals surface area contributed by atoms with Gasteiger partial charge in [0.25, 0.3) is 0 Å². The molecule has 0 aromatic carbocycles. The predicted molar refractivity (Wildman–Crippen MR) is 70.6 cm³/mol. The monoisotopic (exact) mass is 252 g/mol. The molecule has 1 unspecified atom stereocenters. The van der Waals surface area contributed by atoms with Crippen LogP contribution < -0.4 is 5.32 Å². The highest BCUT2D eigenvalue weighted by Crippen LogP contribution is 2.39. The van der Waals surface area contributed by atoms with Crippen molar-refractivity contribution in [2.45, 2.75) is 44.6 Å². The van der Waals surface area contributed by atoms with Gasteiger partial charge in [0.1, 0.15) is 5.82 Å². The van der Waals surface area contributed by atoms with Crippen LogP contribution in [-0.2, 0) is 0 Å². The lowest BCUT2D eigenvalue weighted by molar-refractivity contribution is 0.328. The predicted octanol–water partition coefficient (Wildman–Crippen LogP) is 2.31. The maximum Gasteiger partial charge on any atom is 0.202 e. The first-order valence-corrected chi connectivity index (χ1v) is 7.41. The van der Waals surface area contributed by atoms with Crippen LogP contribution in [0.2, 0.25) is 0 Å². The molecule has 1 N–H and O–H groups in total. The van der Waals surface area contributed by atoms with Crippen LogP contribution in [0.5, 0.6) is 0 Å². The van der Waals surface area contributed by atoms with E-state index in [1.165, 1.54) is 50.3 Å². The number of nitrogens with zero attached hydrogens (tertiary/aromatic N) is 3. The molecule has 0 radical (unpaired) electrons. The first-order chi connectivity index (χ1) is 8.31. The number of rotatable bonds is 5. The minimum atomic E-state index is 0.466. The maximum absolute atomic E-state index is 4.56. The molecule has 17 heavy (non-hydrogen) atoms. The van der Waals surface area contributed by atoms with Gasteiger partial charge in [-0.15, -0.1) is 0 Å². The van der Waals surface area contributed by atoms with E-state index in [4.69, 9.17) is 0 Å². The van der Waals surface area contributed by atoms with Gasteiger partial charge in [-0.1, -0.05) is 0 Å². The molecule has 1 saturated carbocycles. The minimum absolute atomic E-state index is 0.466. The third-order valence-corrected chi connectivity index (χ3v) is 4.15. The second-order valence-electron chi connectivity index (χ2n) is 5.29. The normalized spacial score (nSPS) is 22.9. The van der Waals surface area contributed by atoms with Gasteiger partial charge in [-0.3, -0.25) is 0 Å². The molecule has 1 atom stereocenters. The zero-order valence-corrected chi connectivity index (χ0v) is 11.2. The third-order valence-electron chi connectivity index (χ3n) is 3.48. The van der Waals surface area contributed by atoms with Crippen molar-refractivity contribution in [1.82, 2.24) is 14.3 Å². The lowest BCUT2D eigenvalue weighted by Gasteiger charge is -2.20. The van der Waals surface area contributed by atoms with E-state index in [1.54, 1.807) is 0 Å². The molecule has 0 bridgehead atoms. The summed E-state index contributed by atoms with van der Waals surface area (Å²) in [5, 5.41) is 4.47. The second kappa shape index (κ2) is 4.90. The summed E-state index contributed by atoms with van der Waals surface area (Å²) in [6.07, 6.45) is 5.27. The fourth-order valence-electron chi connectivity index (χ4n) is 2.41. The van der Waals surface area contributed by atoms with E-state index in [-0.39, 0.29) is 0 Å². The van der Waals surface area contributed by atoms with Crippen LogP contribution in [0.15, 0.2) is 0 Å². The van der Waals surface area contributed by atoms with Crippen molar-refractivity contribution in [3.63, 3.8) is 0 Å². The van der Waals surface area contributed by atoms with Crippen LogP contribution in [0.25, 0.3) is 0 Å².